The van der Waals surface area contributed by atoms with Crippen molar-refractivity contribution in [2.45, 2.75) is 32.7 Å². The van der Waals surface area contributed by atoms with Crippen LogP contribution in [0.15, 0.2) is 35.7 Å². The zero-order valence-electron chi connectivity index (χ0n) is 14.7. The molecule has 2 heterocycles. The van der Waals surface area contributed by atoms with Gasteiger partial charge in [-0.3, -0.25) is 25.2 Å². The summed E-state index contributed by atoms with van der Waals surface area (Å²) in [6, 6.07) is 8.49. The molecule has 1 aromatic heterocycles. The fourth-order valence-corrected chi connectivity index (χ4v) is 3.84. The fourth-order valence-electron chi connectivity index (χ4n) is 3.16. The number of nitrogens with one attached hydrogen (secondary N) is 2. The summed E-state index contributed by atoms with van der Waals surface area (Å²) in [5.74, 6) is -0.881. The molecule has 2 aromatic rings. The molecule has 1 unspecified atom stereocenters. The third-order valence-electron chi connectivity index (χ3n) is 4.47. The van der Waals surface area contributed by atoms with Gasteiger partial charge in [0.05, 0.1) is 4.88 Å². The lowest BCUT2D eigenvalue weighted by molar-refractivity contribution is -0.125. The predicted molar refractivity (Wildman–Crippen MR) is 99.9 cm³/mol. The summed E-state index contributed by atoms with van der Waals surface area (Å²) in [6.45, 7) is 4.34. The summed E-state index contributed by atoms with van der Waals surface area (Å²) < 4.78 is 0. The zero-order chi connectivity index (χ0) is 18.7. The van der Waals surface area contributed by atoms with Gasteiger partial charge in [0.25, 0.3) is 17.7 Å². The van der Waals surface area contributed by atoms with Gasteiger partial charge in [0, 0.05) is 12.1 Å². The Hall–Kier alpha value is -2.67. The topological polar surface area (TPSA) is 78.5 Å². The molecule has 0 radical (unpaired) electrons. The van der Waals surface area contributed by atoms with Crippen molar-refractivity contribution in [1.29, 1.82) is 0 Å². The number of carbonyl (C=O) groups excluding carboxylic acids is 3. The van der Waals surface area contributed by atoms with Crippen molar-refractivity contribution in [2.24, 2.45) is 0 Å². The van der Waals surface area contributed by atoms with Gasteiger partial charge in [-0.05, 0) is 49.8 Å². The number of aryl methyl sites for hydroxylation is 2. The van der Waals surface area contributed by atoms with Gasteiger partial charge in [-0.15, -0.1) is 11.3 Å². The Labute approximate surface area is 156 Å². The van der Waals surface area contributed by atoms with Crippen LogP contribution in [-0.4, -0.2) is 35.2 Å². The summed E-state index contributed by atoms with van der Waals surface area (Å²) in [5.41, 5.74) is 7.34. The van der Waals surface area contributed by atoms with Crippen LogP contribution in [0.1, 0.15) is 44.0 Å². The van der Waals surface area contributed by atoms with Crippen molar-refractivity contribution in [3.63, 3.8) is 0 Å². The van der Waals surface area contributed by atoms with Gasteiger partial charge in [-0.2, -0.15) is 0 Å². The Morgan fingerprint density at radius 3 is 2.65 bits per heavy atom. The number of thiophene rings is 1. The molecule has 7 heteroatoms. The first-order valence-corrected chi connectivity index (χ1v) is 9.37. The molecule has 26 heavy (non-hydrogen) atoms. The van der Waals surface area contributed by atoms with E-state index in [1.165, 1.54) is 11.3 Å². The van der Waals surface area contributed by atoms with E-state index in [1.54, 1.807) is 17.0 Å². The largest absolute Gasteiger partial charge is 0.326 e. The van der Waals surface area contributed by atoms with Crippen LogP contribution in [0.5, 0.6) is 0 Å². The second-order valence-corrected chi connectivity index (χ2v) is 7.34. The predicted octanol–water partition coefficient (Wildman–Crippen LogP) is 2.43. The van der Waals surface area contributed by atoms with Gasteiger partial charge in [-0.25, -0.2) is 0 Å². The fraction of sp³-hybridized carbons (Fsp3) is 0.316. The van der Waals surface area contributed by atoms with Crippen LogP contribution < -0.4 is 10.9 Å². The summed E-state index contributed by atoms with van der Waals surface area (Å²) in [7, 11) is 0. The molecule has 3 amide bonds. The lowest BCUT2D eigenvalue weighted by Gasteiger charge is -2.23. The molecular weight excluding hydrogens is 350 g/mol. The molecule has 1 atom stereocenters. The number of carbonyl (C=O) groups is 3. The molecule has 1 fully saturated rings. The molecule has 0 spiro atoms. The van der Waals surface area contributed by atoms with Crippen molar-refractivity contribution < 1.29 is 14.4 Å². The molecule has 1 aliphatic rings. The van der Waals surface area contributed by atoms with Crippen molar-refractivity contribution in [3.05, 3.63) is 57.3 Å². The first-order valence-electron chi connectivity index (χ1n) is 8.49. The number of amides is 3. The average Bonchev–Trinajstić information content (AvgIpc) is 3.30. The molecule has 1 aliphatic heterocycles. The van der Waals surface area contributed by atoms with E-state index in [0.717, 1.165) is 17.5 Å². The summed E-state index contributed by atoms with van der Waals surface area (Å²) in [4.78, 5) is 39.5. The van der Waals surface area contributed by atoms with Gasteiger partial charge in [-0.1, -0.05) is 23.8 Å². The van der Waals surface area contributed by atoms with Crippen LogP contribution >= 0.6 is 11.3 Å². The Kier molecular flexibility index (Phi) is 5.37. The number of hydrogen-bond acceptors (Lipinski definition) is 4. The zero-order valence-corrected chi connectivity index (χ0v) is 15.6. The minimum absolute atomic E-state index is 0.140. The van der Waals surface area contributed by atoms with Crippen LogP contribution in [0.2, 0.25) is 0 Å². The molecule has 1 aromatic carbocycles. The number of hydrogen-bond donors (Lipinski definition) is 2. The number of rotatable bonds is 3. The highest BCUT2D eigenvalue weighted by molar-refractivity contribution is 7.12. The number of likely N-dealkylation sites (tertiary alicyclic amines) is 1. The second-order valence-electron chi connectivity index (χ2n) is 6.40. The lowest BCUT2D eigenvalue weighted by atomic mass is 10.1. The number of hydrazine groups is 1. The first-order chi connectivity index (χ1) is 12.5. The van der Waals surface area contributed by atoms with Gasteiger partial charge < -0.3 is 4.90 Å². The molecule has 0 bridgehead atoms. The maximum atomic E-state index is 12.5. The second kappa shape index (κ2) is 7.70. The summed E-state index contributed by atoms with van der Waals surface area (Å²) in [6.07, 6.45) is 1.35. The maximum Gasteiger partial charge on any atom is 0.269 e. The number of nitrogens with zero attached hydrogens (tertiary/aromatic N) is 1. The van der Waals surface area contributed by atoms with Crippen LogP contribution in [0.25, 0.3) is 0 Å². The lowest BCUT2D eigenvalue weighted by Crippen LogP contribution is -2.51. The summed E-state index contributed by atoms with van der Waals surface area (Å²) >= 11 is 1.36. The molecule has 3 rings (SSSR count). The highest BCUT2D eigenvalue weighted by atomic mass is 32.1. The highest BCUT2D eigenvalue weighted by Crippen LogP contribution is 2.22. The van der Waals surface area contributed by atoms with Gasteiger partial charge >= 0.3 is 0 Å². The van der Waals surface area contributed by atoms with Crippen LogP contribution in [-0.2, 0) is 4.79 Å². The molecule has 1 saturated heterocycles. The molecule has 6 nitrogen and oxygen atoms in total. The van der Waals surface area contributed by atoms with E-state index in [2.05, 4.69) is 10.9 Å². The van der Waals surface area contributed by atoms with Gasteiger partial charge in [0.1, 0.15) is 6.04 Å². The van der Waals surface area contributed by atoms with Crippen LogP contribution in [0.4, 0.5) is 0 Å². The Balaban J connectivity index is 1.62. The van der Waals surface area contributed by atoms with E-state index in [9.17, 15) is 14.4 Å². The molecule has 0 saturated carbocycles. The van der Waals surface area contributed by atoms with E-state index in [1.807, 2.05) is 37.4 Å². The van der Waals surface area contributed by atoms with E-state index in [4.69, 9.17) is 0 Å². The van der Waals surface area contributed by atoms with Crippen molar-refractivity contribution in [2.75, 3.05) is 6.54 Å². The molecule has 2 N–H and O–H groups in total. The SMILES string of the molecule is Cc1ccc(C(=O)NNC(=O)C2CCCN2C(=O)c2cccs2)c(C)c1. The van der Waals surface area contributed by atoms with Crippen molar-refractivity contribution in [3.8, 4) is 0 Å². The van der Waals surface area contributed by atoms with E-state index >= 15 is 0 Å². The normalized spacial score (nSPS) is 16.4. The molecule has 0 aliphatic carbocycles. The standard InChI is InChI=1S/C19H21N3O3S/c1-12-7-8-14(13(2)11-12)17(23)20-21-18(24)15-5-3-9-22(15)19(25)16-6-4-10-26-16/h4,6-8,10-11,15H,3,5,9H2,1-2H3,(H,20,23)(H,21,24). The maximum absolute atomic E-state index is 12.5. The summed E-state index contributed by atoms with van der Waals surface area (Å²) in [5, 5.41) is 1.84. The Morgan fingerprint density at radius 2 is 1.96 bits per heavy atom. The van der Waals surface area contributed by atoms with Gasteiger partial charge in [0.2, 0.25) is 0 Å². The molecule has 136 valence electrons. The van der Waals surface area contributed by atoms with Crippen molar-refractivity contribution in [1.82, 2.24) is 15.8 Å². The monoisotopic (exact) mass is 371 g/mol. The minimum atomic E-state index is -0.566. The number of benzene rings is 1. The van der Waals surface area contributed by atoms with Crippen molar-refractivity contribution >= 4 is 29.1 Å². The highest BCUT2D eigenvalue weighted by Gasteiger charge is 2.35. The smallest absolute Gasteiger partial charge is 0.269 e. The average molecular weight is 371 g/mol. The third-order valence-corrected chi connectivity index (χ3v) is 5.33. The quantitative estimate of drug-likeness (QED) is 0.814. The third kappa shape index (κ3) is 3.77. The van der Waals surface area contributed by atoms with Gasteiger partial charge in [0.15, 0.2) is 0 Å². The minimum Gasteiger partial charge on any atom is -0.326 e. The first kappa shape index (κ1) is 18.1. The van der Waals surface area contributed by atoms with E-state index in [-0.39, 0.29) is 17.7 Å². The van der Waals surface area contributed by atoms with Crippen LogP contribution in [0.3, 0.4) is 0 Å². The Bertz CT molecular complexity index is 833. The van der Waals surface area contributed by atoms with Crippen LogP contribution in [0, 0.1) is 13.8 Å². The Morgan fingerprint density at radius 1 is 1.15 bits per heavy atom. The molecular formula is C19H21N3O3S. The van der Waals surface area contributed by atoms with E-state index < -0.39 is 6.04 Å². The van der Waals surface area contributed by atoms with E-state index in [0.29, 0.717) is 23.4 Å².